The van der Waals surface area contributed by atoms with Crippen LogP contribution in [0.25, 0.3) is 97.0 Å². The summed E-state index contributed by atoms with van der Waals surface area (Å²) in [6.45, 7) is 0. The molecule has 0 saturated heterocycles. The maximum absolute atomic E-state index is 2.44. The molecule has 0 amide bonds. The molecular weight excluding hydrogens is 767 g/mol. The molecule has 1 heterocycles. The van der Waals surface area contributed by atoms with Crippen molar-refractivity contribution in [1.82, 2.24) is 0 Å². The van der Waals surface area contributed by atoms with Gasteiger partial charge in [0.15, 0.2) is 0 Å². The summed E-state index contributed by atoms with van der Waals surface area (Å²) >= 11 is 1.86. The van der Waals surface area contributed by atoms with Gasteiger partial charge in [0.2, 0.25) is 0 Å². The normalized spacial score (nSPS) is 11.5. The Hall–Kier alpha value is -7.78. The molecule has 11 aromatic carbocycles. The topological polar surface area (TPSA) is 3.24 Å². The number of nitrogens with zero attached hydrogens (tertiary/aromatic N) is 1. The van der Waals surface area contributed by atoms with Crippen LogP contribution in [0.2, 0.25) is 0 Å². The van der Waals surface area contributed by atoms with Crippen LogP contribution in [0.5, 0.6) is 0 Å². The van der Waals surface area contributed by atoms with E-state index in [4.69, 9.17) is 0 Å². The summed E-state index contributed by atoms with van der Waals surface area (Å²) in [7, 11) is 0. The molecule has 0 N–H and O–H groups in total. The molecule has 0 spiro atoms. The molecule has 0 unspecified atom stereocenters. The first kappa shape index (κ1) is 36.1. The van der Waals surface area contributed by atoms with Crippen molar-refractivity contribution in [2.45, 2.75) is 0 Å². The van der Waals surface area contributed by atoms with Gasteiger partial charge >= 0.3 is 0 Å². The lowest BCUT2D eigenvalue weighted by Gasteiger charge is -2.28. The minimum absolute atomic E-state index is 1.11. The maximum atomic E-state index is 2.44. The molecule has 0 aliphatic heterocycles. The van der Waals surface area contributed by atoms with E-state index < -0.39 is 0 Å². The molecule has 0 bridgehead atoms. The van der Waals surface area contributed by atoms with Crippen molar-refractivity contribution < 1.29 is 0 Å². The molecule has 12 rings (SSSR count). The smallest absolute Gasteiger partial charge is 0.0540 e. The molecule has 62 heavy (non-hydrogen) atoms. The molecule has 0 fully saturated rings. The van der Waals surface area contributed by atoms with E-state index in [0.717, 1.165) is 17.1 Å². The van der Waals surface area contributed by atoms with Crippen molar-refractivity contribution in [3.63, 3.8) is 0 Å². The largest absolute Gasteiger partial charge is 0.310 e. The second-order valence-electron chi connectivity index (χ2n) is 16.0. The molecule has 0 radical (unpaired) electrons. The minimum Gasteiger partial charge on any atom is -0.310 e. The van der Waals surface area contributed by atoms with Gasteiger partial charge in [-0.25, -0.2) is 0 Å². The van der Waals surface area contributed by atoms with E-state index in [1.165, 1.54) is 97.0 Å². The molecule has 0 atom stereocenters. The fourth-order valence-electron chi connectivity index (χ4n) is 9.61. The van der Waals surface area contributed by atoms with Crippen molar-refractivity contribution in [1.29, 1.82) is 0 Å². The van der Waals surface area contributed by atoms with Gasteiger partial charge in [-0.2, -0.15) is 0 Å². The van der Waals surface area contributed by atoms with Crippen LogP contribution in [0.3, 0.4) is 0 Å². The van der Waals surface area contributed by atoms with Crippen LogP contribution >= 0.6 is 11.3 Å². The third kappa shape index (κ3) is 6.07. The lowest BCUT2D eigenvalue weighted by atomic mass is 9.84. The first-order valence-electron chi connectivity index (χ1n) is 21.3. The van der Waals surface area contributed by atoms with Gasteiger partial charge in [-0.05, 0) is 114 Å². The van der Waals surface area contributed by atoms with Gasteiger partial charge in [-0.3, -0.25) is 0 Å². The number of hydrogen-bond donors (Lipinski definition) is 0. The Labute approximate surface area is 365 Å². The van der Waals surface area contributed by atoms with Crippen molar-refractivity contribution in [3.05, 3.63) is 237 Å². The molecule has 12 aromatic rings. The monoisotopic (exact) mass is 805 g/mol. The fraction of sp³-hybridized carbons (Fsp3) is 0. The third-order valence-corrected chi connectivity index (χ3v) is 13.6. The average molecular weight is 806 g/mol. The zero-order valence-electron chi connectivity index (χ0n) is 33.9. The number of fused-ring (bicyclic) bond motifs is 7. The molecular formula is C60H39NS. The predicted octanol–water partition coefficient (Wildman–Crippen LogP) is 17.7. The van der Waals surface area contributed by atoms with E-state index in [-0.39, 0.29) is 0 Å². The Morgan fingerprint density at radius 1 is 0.258 bits per heavy atom. The summed E-state index contributed by atoms with van der Waals surface area (Å²) in [5.74, 6) is 0. The third-order valence-electron chi connectivity index (χ3n) is 12.5. The van der Waals surface area contributed by atoms with E-state index in [9.17, 15) is 0 Å². The summed E-state index contributed by atoms with van der Waals surface area (Å²) in [6.07, 6.45) is 0. The lowest BCUT2D eigenvalue weighted by molar-refractivity contribution is 1.30. The Morgan fingerprint density at radius 2 is 0.758 bits per heavy atom. The standard InChI is InChI=1S/C60H39NS/c1-4-16-41(17-5-1)47-36-37-56(51-24-12-10-22-48(47)51)61(46-33-35-53-52-25-14-15-27-57(52)62-58(53)39-46)45-31-28-40(29-32-45)44-30-34-50-49-23-11-13-26-54(49)59(42-18-6-2-7-19-42)60(55(50)38-44)43-20-8-3-9-21-43/h1-39H. The summed E-state index contributed by atoms with van der Waals surface area (Å²) in [4.78, 5) is 2.44. The van der Waals surface area contributed by atoms with Crippen molar-refractivity contribution in [3.8, 4) is 44.5 Å². The van der Waals surface area contributed by atoms with Gasteiger partial charge in [0.1, 0.15) is 0 Å². The van der Waals surface area contributed by atoms with Crippen LogP contribution in [-0.2, 0) is 0 Å². The quantitative estimate of drug-likeness (QED) is 0.145. The highest BCUT2D eigenvalue weighted by Gasteiger charge is 2.21. The molecule has 2 heteroatoms. The van der Waals surface area contributed by atoms with Crippen molar-refractivity contribution in [2.24, 2.45) is 0 Å². The molecule has 0 saturated carbocycles. The predicted molar refractivity (Wildman–Crippen MR) is 268 cm³/mol. The van der Waals surface area contributed by atoms with E-state index in [1.807, 2.05) is 11.3 Å². The van der Waals surface area contributed by atoms with Gasteiger partial charge in [-0.1, -0.05) is 194 Å². The average Bonchev–Trinajstić information content (AvgIpc) is 3.72. The number of hydrogen-bond acceptors (Lipinski definition) is 2. The van der Waals surface area contributed by atoms with Crippen LogP contribution in [0, 0.1) is 0 Å². The highest BCUT2D eigenvalue weighted by atomic mass is 32.1. The fourth-order valence-corrected chi connectivity index (χ4v) is 10.8. The van der Waals surface area contributed by atoms with Crippen LogP contribution in [0.4, 0.5) is 17.1 Å². The molecule has 0 aliphatic rings. The van der Waals surface area contributed by atoms with Gasteiger partial charge in [-0.15, -0.1) is 11.3 Å². The second kappa shape index (κ2) is 15.0. The summed E-state index contributed by atoms with van der Waals surface area (Å²) in [6, 6.07) is 86.7. The van der Waals surface area contributed by atoms with E-state index in [2.05, 4.69) is 241 Å². The lowest BCUT2D eigenvalue weighted by Crippen LogP contribution is -2.10. The van der Waals surface area contributed by atoms with E-state index >= 15 is 0 Å². The van der Waals surface area contributed by atoms with Gasteiger partial charge < -0.3 is 4.90 Å². The number of rotatable bonds is 7. The number of benzene rings is 11. The maximum Gasteiger partial charge on any atom is 0.0540 e. The van der Waals surface area contributed by atoms with Crippen molar-refractivity contribution >= 4 is 80.9 Å². The zero-order chi connectivity index (χ0) is 41.0. The van der Waals surface area contributed by atoms with Crippen LogP contribution in [-0.4, -0.2) is 0 Å². The van der Waals surface area contributed by atoms with Crippen molar-refractivity contribution in [2.75, 3.05) is 4.90 Å². The molecule has 290 valence electrons. The summed E-state index contributed by atoms with van der Waals surface area (Å²) in [5.41, 5.74) is 13.2. The Kier molecular flexibility index (Phi) is 8.76. The number of anilines is 3. The van der Waals surface area contributed by atoms with Gasteiger partial charge in [0.25, 0.3) is 0 Å². The summed E-state index contributed by atoms with van der Waals surface area (Å²) in [5, 5.41) is 10.1. The molecule has 1 aromatic heterocycles. The first-order valence-corrected chi connectivity index (χ1v) is 22.1. The molecule has 0 aliphatic carbocycles. The second-order valence-corrected chi connectivity index (χ2v) is 17.1. The van der Waals surface area contributed by atoms with Gasteiger partial charge in [0.05, 0.1) is 5.69 Å². The Bertz CT molecular complexity index is 3610. The summed E-state index contributed by atoms with van der Waals surface area (Å²) < 4.78 is 2.59. The highest BCUT2D eigenvalue weighted by molar-refractivity contribution is 7.25. The van der Waals surface area contributed by atoms with E-state index in [1.54, 1.807) is 0 Å². The first-order chi connectivity index (χ1) is 30.8. The van der Waals surface area contributed by atoms with Crippen LogP contribution in [0.15, 0.2) is 237 Å². The Morgan fingerprint density at radius 3 is 1.47 bits per heavy atom. The molecule has 1 nitrogen and oxygen atoms in total. The Balaban J connectivity index is 1.04. The minimum atomic E-state index is 1.11. The number of thiophene rings is 1. The van der Waals surface area contributed by atoms with Gasteiger partial charge in [0, 0.05) is 36.9 Å². The van der Waals surface area contributed by atoms with E-state index in [0.29, 0.717) is 0 Å². The SMILES string of the molecule is c1ccc(-c2ccc(N(c3ccc(-c4ccc5c(c4)c(-c4ccccc4)c(-c4ccccc4)c4ccccc45)cc3)c3ccc4c(c3)sc3ccccc34)c3ccccc23)cc1. The zero-order valence-corrected chi connectivity index (χ0v) is 34.7. The van der Waals surface area contributed by atoms with Crippen LogP contribution in [0.1, 0.15) is 0 Å². The van der Waals surface area contributed by atoms with Crippen LogP contribution < -0.4 is 4.90 Å². The highest BCUT2D eigenvalue weighted by Crippen LogP contribution is 2.47.